The number of fused-ring (bicyclic) bond motifs is 1. The van der Waals surface area contributed by atoms with E-state index in [1.165, 1.54) is 17.5 Å². The Morgan fingerprint density at radius 1 is 1.02 bits per heavy atom. The molecule has 0 saturated carbocycles. The Labute approximate surface area is 237 Å². The van der Waals surface area contributed by atoms with Crippen molar-refractivity contribution in [3.8, 4) is 5.95 Å². The number of benzene rings is 1. The molecule has 1 N–H and O–H groups in total. The molecule has 40 heavy (non-hydrogen) atoms. The fourth-order valence-electron chi connectivity index (χ4n) is 5.44. The number of nitrogens with zero attached hydrogens (tertiary/aromatic N) is 7. The van der Waals surface area contributed by atoms with Crippen molar-refractivity contribution in [2.45, 2.75) is 38.3 Å². The Morgan fingerprint density at radius 2 is 1.93 bits per heavy atom. The molecule has 0 bridgehead atoms. The third-order valence-corrected chi connectivity index (χ3v) is 7.64. The molecule has 2 amide bonds. The van der Waals surface area contributed by atoms with Crippen LogP contribution >= 0.6 is 11.6 Å². The number of aromatic nitrogens is 5. The van der Waals surface area contributed by atoms with Gasteiger partial charge >= 0.3 is 0 Å². The van der Waals surface area contributed by atoms with Crippen LogP contribution in [0.15, 0.2) is 67.5 Å². The van der Waals surface area contributed by atoms with Crippen LogP contribution < -0.4 is 10.2 Å². The van der Waals surface area contributed by atoms with E-state index in [1.807, 2.05) is 4.90 Å². The smallest absolute Gasteiger partial charge is 0.255 e. The maximum Gasteiger partial charge on any atom is 0.255 e. The van der Waals surface area contributed by atoms with Gasteiger partial charge in [0.1, 0.15) is 17.3 Å². The largest absolute Gasteiger partial charge is 0.352 e. The van der Waals surface area contributed by atoms with Crippen molar-refractivity contribution in [3.05, 3.63) is 94.9 Å². The zero-order valence-corrected chi connectivity index (χ0v) is 22.7. The number of pyridine rings is 1. The summed E-state index contributed by atoms with van der Waals surface area (Å²) in [6.45, 7) is 1.75. The number of carbonyl (C=O) groups excluding carboxylic acids is 2. The van der Waals surface area contributed by atoms with Gasteiger partial charge in [-0.05, 0) is 48.1 Å². The molecule has 4 heterocycles. The van der Waals surface area contributed by atoms with Crippen molar-refractivity contribution in [2.24, 2.45) is 0 Å². The number of aryl methyl sites for hydroxylation is 2. The molecule has 2 aliphatic rings. The molecule has 10 nitrogen and oxygen atoms in total. The molecule has 1 fully saturated rings. The second-order valence-corrected chi connectivity index (χ2v) is 10.5. The zero-order chi connectivity index (χ0) is 27.5. The predicted molar refractivity (Wildman–Crippen MR) is 150 cm³/mol. The van der Waals surface area contributed by atoms with Gasteiger partial charge in [0, 0.05) is 63.5 Å². The van der Waals surface area contributed by atoms with E-state index in [1.54, 1.807) is 58.8 Å². The van der Waals surface area contributed by atoms with Crippen LogP contribution in [0.3, 0.4) is 0 Å². The number of hydrogen-bond donors (Lipinski definition) is 1. The Kier molecular flexibility index (Phi) is 7.41. The van der Waals surface area contributed by atoms with Gasteiger partial charge in [-0.15, -0.1) is 0 Å². The van der Waals surface area contributed by atoms with Crippen LogP contribution in [0.4, 0.5) is 5.82 Å². The highest BCUT2D eigenvalue weighted by molar-refractivity contribution is 6.29. The average Bonchev–Trinajstić information content (AvgIpc) is 3.68. The van der Waals surface area contributed by atoms with E-state index in [9.17, 15) is 9.59 Å². The maximum atomic E-state index is 13.3. The highest BCUT2D eigenvalue weighted by Crippen LogP contribution is 2.26. The minimum absolute atomic E-state index is 0.0961. The lowest BCUT2D eigenvalue weighted by Crippen LogP contribution is -2.56. The number of hydrogen-bond acceptors (Lipinski definition) is 7. The van der Waals surface area contributed by atoms with Crippen LogP contribution in [0.25, 0.3) is 5.95 Å². The fourth-order valence-corrected chi connectivity index (χ4v) is 5.62. The molecular formula is C29H29ClN8O2. The first kappa shape index (κ1) is 25.9. The topological polar surface area (TPSA) is 109 Å². The maximum absolute atomic E-state index is 13.3. The van der Waals surface area contributed by atoms with Crippen LogP contribution in [-0.4, -0.2) is 66.9 Å². The molecule has 1 aliphatic heterocycles. The number of rotatable bonds is 7. The molecule has 1 atom stereocenters. The molecule has 6 rings (SSSR count). The summed E-state index contributed by atoms with van der Waals surface area (Å²) in [5.74, 6) is 0.763. The number of carbonyl (C=O) groups is 2. The van der Waals surface area contributed by atoms with Crippen LogP contribution in [0, 0.1) is 0 Å². The Balaban J connectivity index is 1.21. The SMILES string of the molecule is O=C(CC1CN(C(=O)c2cccnc2)CCN1c1cc(Cl)nc(-n2ccnc2)n1)NCc1ccc2c(c1)CCC2. The van der Waals surface area contributed by atoms with Crippen molar-refractivity contribution in [1.29, 1.82) is 0 Å². The normalized spacial score (nSPS) is 16.6. The van der Waals surface area contributed by atoms with E-state index in [-0.39, 0.29) is 29.4 Å². The quantitative estimate of drug-likeness (QED) is 0.348. The molecular weight excluding hydrogens is 528 g/mol. The number of piperazine rings is 1. The van der Waals surface area contributed by atoms with Gasteiger partial charge in [0.05, 0.1) is 11.6 Å². The Hall–Kier alpha value is -4.31. The first-order chi connectivity index (χ1) is 19.5. The number of halogens is 1. The van der Waals surface area contributed by atoms with Gasteiger partial charge in [-0.25, -0.2) is 9.97 Å². The molecule has 4 aromatic rings. The van der Waals surface area contributed by atoms with Crippen LogP contribution in [0.5, 0.6) is 0 Å². The number of nitrogens with one attached hydrogen (secondary N) is 1. The highest BCUT2D eigenvalue weighted by atomic mass is 35.5. The van der Waals surface area contributed by atoms with Crippen molar-refractivity contribution >= 4 is 29.2 Å². The summed E-state index contributed by atoms with van der Waals surface area (Å²) in [4.78, 5) is 47.5. The van der Waals surface area contributed by atoms with Crippen LogP contribution in [0.1, 0.15) is 39.9 Å². The van der Waals surface area contributed by atoms with Crippen LogP contribution in [0.2, 0.25) is 5.15 Å². The van der Waals surface area contributed by atoms with E-state index >= 15 is 0 Å². The van der Waals surface area contributed by atoms with Gasteiger partial charge in [0.15, 0.2) is 0 Å². The molecule has 1 aliphatic carbocycles. The van der Waals surface area contributed by atoms with Crippen molar-refractivity contribution in [3.63, 3.8) is 0 Å². The third kappa shape index (κ3) is 5.67. The van der Waals surface area contributed by atoms with Gasteiger partial charge in [-0.1, -0.05) is 29.8 Å². The van der Waals surface area contributed by atoms with Gasteiger partial charge in [-0.3, -0.25) is 19.1 Å². The summed E-state index contributed by atoms with van der Waals surface area (Å²) in [6, 6.07) is 11.3. The minimum Gasteiger partial charge on any atom is -0.352 e. The lowest BCUT2D eigenvalue weighted by molar-refractivity contribution is -0.121. The highest BCUT2D eigenvalue weighted by Gasteiger charge is 2.33. The molecule has 3 aromatic heterocycles. The molecule has 11 heteroatoms. The van der Waals surface area contributed by atoms with E-state index < -0.39 is 0 Å². The van der Waals surface area contributed by atoms with Gasteiger partial charge in [0.2, 0.25) is 11.9 Å². The van der Waals surface area contributed by atoms with E-state index in [0.29, 0.717) is 43.5 Å². The molecule has 1 unspecified atom stereocenters. The summed E-state index contributed by atoms with van der Waals surface area (Å²) in [6.07, 6.45) is 11.8. The fraction of sp³-hybridized carbons (Fsp3) is 0.310. The second kappa shape index (κ2) is 11.4. The van der Waals surface area contributed by atoms with E-state index in [2.05, 4.69) is 38.5 Å². The number of amides is 2. The standard InChI is InChI=1S/C29H29ClN8O2/c30-25-15-26(35-29(34-25)37-10-9-32-19-37)38-12-11-36(28(40)23-5-2-8-31-17-23)18-24(38)14-27(39)33-16-20-6-7-21-3-1-4-22(21)13-20/h2,5-10,13,15,17,19,24H,1,3-4,11-12,14,16,18H2,(H,33,39). The first-order valence-corrected chi connectivity index (χ1v) is 13.8. The van der Waals surface area contributed by atoms with E-state index in [0.717, 1.165) is 18.4 Å². The van der Waals surface area contributed by atoms with Gasteiger partial charge in [0.25, 0.3) is 5.91 Å². The van der Waals surface area contributed by atoms with Gasteiger partial charge < -0.3 is 15.1 Å². The molecule has 1 aromatic carbocycles. The molecule has 0 radical (unpaired) electrons. The lowest BCUT2D eigenvalue weighted by atomic mass is 10.1. The monoisotopic (exact) mass is 556 g/mol. The Morgan fingerprint density at radius 3 is 2.75 bits per heavy atom. The van der Waals surface area contributed by atoms with Crippen LogP contribution in [-0.2, 0) is 24.2 Å². The first-order valence-electron chi connectivity index (χ1n) is 13.4. The number of anilines is 1. The lowest BCUT2D eigenvalue weighted by Gasteiger charge is -2.42. The van der Waals surface area contributed by atoms with Crippen molar-refractivity contribution < 1.29 is 9.59 Å². The summed E-state index contributed by atoms with van der Waals surface area (Å²) < 4.78 is 1.68. The average molecular weight is 557 g/mol. The molecule has 1 saturated heterocycles. The summed E-state index contributed by atoms with van der Waals surface area (Å²) >= 11 is 6.39. The van der Waals surface area contributed by atoms with Gasteiger partial charge in [-0.2, -0.15) is 4.98 Å². The minimum atomic E-state index is -0.323. The zero-order valence-electron chi connectivity index (χ0n) is 21.9. The summed E-state index contributed by atoms with van der Waals surface area (Å²) in [5, 5.41) is 3.36. The predicted octanol–water partition coefficient (Wildman–Crippen LogP) is 3.24. The number of imidazole rings is 1. The second-order valence-electron chi connectivity index (χ2n) is 10.1. The third-order valence-electron chi connectivity index (χ3n) is 7.45. The summed E-state index contributed by atoms with van der Waals surface area (Å²) in [7, 11) is 0. The molecule has 0 spiro atoms. The van der Waals surface area contributed by atoms with Crippen molar-refractivity contribution in [1.82, 2.24) is 34.7 Å². The Bertz CT molecular complexity index is 1510. The van der Waals surface area contributed by atoms with E-state index in [4.69, 9.17) is 16.6 Å². The molecule has 204 valence electrons. The summed E-state index contributed by atoms with van der Waals surface area (Å²) in [5.41, 5.74) is 4.40. The van der Waals surface area contributed by atoms with Crippen molar-refractivity contribution in [2.75, 3.05) is 24.5 Å².